The first-order valence-corrected chi connectivity index (χ1v) is 10.5. The lowest BCUT2D eigenvalue weighted by Gasteiger charge is -2.32. The molecular weight excluding hydrogens is 500 g/mol. The topological polar surface area (TPSA) is 101 Å². The first kappa shape index (κ1) is 24.0. The average Bonchev–Trinajstić information content (AvgIpc) is 3.25. The zero-order valence-corrected chi connectivity index (χ0v) is 19.2. The second-order valence-corrected chi connectivity index (χ2v) is 8.25. The number of likely N-dealkylation sites (N-methyl/N-ethyl adjacent to an activating group) is 1. The van der Waals surface area contributed by atoms with Gasteiger partial charge in [-0.25, -0.2) is 9.97 Å². The lowest BCUT2D eigenvalue weighted by Crippen LogP contribution is -2.63. The van der Waals surface area contributed by atoms with E-state index in [1.165, 1.54) is 25.3 Å². The number of carbonyl (C=O) groups is 2. The number of carbonyl (C=O) groups excluding carboxylic acids is 2. The monoisotopic (exact) mass is 516 g/mol. The summed E-state index contributed by atoms with van der Waals surface area (Å²) >= 11 is 12.0. The summed E-state index contributed by atoms with van der Waals surface area (Å²) in [6, 6.07) is 6.70. The van der Waals surface area contributed by atoms with Gasteiger partial charge < -0.3 is 15.0 Å². The van der Waals surface area contributed by atoms with E-state index in [2.05, 4.69) is 15.3 Å². The number of nitrogens with one attached hydrogen (secondary N) is 2. The maximum absolute atomic E-state index is 14.5. The Hall–Kier alpha value is -3.09. The van der Waals surface area contributed by atoms with E-state index in [9.17, 15) is 22.8 Å². The summed E-state index contributed by atoms with van der Waals surface area (Å²) in [5, 5.41) is 3.94. The number of halogens is 5. The van der Waals surface area contributed by atoms with E-state index in [0.29, 0.717) is 23.5 Å². The third kappa shape index (κ3) is 3.81. The average molecular weight is 517 g/mol. The van der Waals surface area contributed by atoms with E-state index in [4.69, 9.17) is 27.9 Å². The lowest BCUT2D eigenvalue weighted by atomic mass is 10.1. The van der Waals surface area contributed by atoms with E-state index in [1.54, 1.807) is 18.0 Å². The van der Waals surface area contributed by atoms with Gasteiger partial charge in [-0.1, -0.05) is 29.3 Å². The summed E-state index contributed by atoms with van der Waals surface area (Å²) in [7, 11) is 3.20. The minimum atomic E-state index is -5.26. The summed E-state index contributed by atoms with van der Waals surface area (Å²) in [6.45, 7) is 0.798. The van der Waals surface area contributed by atoms with Crippen LogP contribution < -0.4 is 15.5 Å². The number of fused-ring (bicyclic) bond motifs is 3. The molecule has 0 radical (unpaired) electrons. The maximum Gasteiger partial charge on any atom is 0.440 e. The lowest BCUT2D eigenvalue weighted by molar-refractivity contribution is -0.213. The molecule has 3 heterocycles. The largest absolute Gasteiger partial charge is 0.440 e. The summed E-state index contributed by atoms with van der Waals surface area (Å²) in [4.78, 5) is 35.5. The van der Waals surface area contributed by atoms with Crippen LogP contribution in [0.15, 0.2) is 30.3 Å². The number of imidazole rings is 1. The highest BCUT2D eigenvalue weighted by molar-refractivity contribution is 6.42. The number of nitrogens with zero attached hydrogens (tertiary/aromatic N) is 4. The molecule has 4 rings (SSSR count). The quantitative estimate of drug-likeness (QED) is 0.520. The van der Waals surface area contributed by atoms with Crippen LogP contribution in [0.1, 0.15) is 10.5 Å². The van der Waals surface area contributed by atoms with Gasteiger partial charge in [-0.3, -0.25) is 19.5 Å². The predicted octanol–water partition coefficient (Wildman–Crippen LogP) is 3.42. The van der Waals surface area contributed by atoms with Crippen molar-refractivity contribution in [3.05, 3.63) is 46.1 Å². The minimum Gasteiger partial charge on any atom is -0.383 e. The molecule has 0 aliphatic carbocycles. The number of anilines is 2. The molecule has 180 valence electrons. The van der Waals surface area contributed by atoms with Crippen LogP contribution in [0.4, 0.5) is 24.9 Å². The number of amides is 2. The van der Waals surface area contributed by atoms with E-state index in [1.807, 2.05) is 5.32 Å². The third-order valence-electron chi connectivity index (χ3n) is 5.28. The molecule has 1 aromatic carbocycles. The van der Waals surface area contributed by atoms with Crippen molar-refractivity contribution in [2.45, 2.75) is 11.8 Å². The molecule has 9 nitrogen and oxygen atoms in total. The molecule has 0 spiro atoms. The highest BCUT2D eigenvalue weighted by Gasteiger charge is 2.67. The fraction of sp³-hybridized carbons (Fsp3) is 0.300. The van der Waals surface area contributed by atoms with Crippen molar-refractivity contribution in [2.75, 3.05) is 37.5 Å². The molecular formula is C20H17Cl2F3N6O3. The minimum absolute atomic E-state index is 0.0483. The SMILES string of the molecule is COCCN(C)c1cccc(C(=O)NC2(C(F)(F)F)C(=O)Nc3nc4cc(Cl)c(Cl)cc4n32)n1. The fourth-order valence-electron chi connectivity index (χ4n) is 3.56. The van der Waals surface area contributed by atoms with Crippen molar-refractivity contribution in [3.63, 3.8) is 0 Å². The molecule has 34 heavy (non-hydrogen) atoms. The first-order chi connectivity index (χ1) is 16.0. The smallest absolute Gasteiger partial charge is 0.383 e. The molecule has 0 bridgehead atoms. The molecule has 0 saturated heterocycles. The number of methoxy groups -OCH3 is 1. The molecule has 1 aliphatic rings. The number of hydrogen-bond acceptors (Lipinski definition) is 6. The van der Waals surface area contributed by atoms with Crippen molar-refractivity contribution in [3.8, 4) is 0 Å². The normalized spacial score (nSPS) is 17.6. The second kappa shape index (κ2) is 8.60. The van der Waals surface area contributed by atoms with Gasteiger partial charge in [-0.05, 0) is 24.3 Å². The number of ether oxygens (including phenoxy) is 1. The highest BCUT2D eigenvalue weighted by atomic mass is 35.5. The maximum atomic E-state index is 14.5. The van der Waals surface area contributed by atoms with Gasteiger partial charge >= 0.3 is 6.18 Å². The van der Waals surface area contributed by atoms with Crippen LogP contribution in [0, 0.1) is 0 Å². The number of rotatable bonds is 6. The van der Waals surface area contributed by atoms with Gasteiger partial charge in [-0.2, -0.15) is 13.2 Å². The van der Waals surface area contributed by atoms with Crippen LogP contribution in [-0.4, -0.2) is 59.8 Å². The number of hydrogen-bond donors (Lipinski definition) is 2. The number of pyridine rings is 1. The Morgan fingerprint density at radius 1 is 1.26 bits per heavy atom. The zero-order valence-electron chi connectivity index (χ0n) is 17.7. The Bertz CT molecular complexity index is 1300. The zero-order chi connectivity index (χ0) is 24.8. The van der Waals surface area contributed by atoms with Gasteiger partial charge in [-0.15, -0.1) is 0 Å². The van der Waals surface area contributed by atoms with Crippen LogP contribution in [0.25, 0.3) is 11.0 Å². The van der Waals surface area contributed by atoms with Gasteiger partial charge in [0.1, 0.15) is 11.5 Å². The first-order valence-electron chi connectivity index (χ1n) is 9.75. The molecule has 2 amide bonds. The van der Waals surface area contributed by atoms with E-state index >= 15 is 0 Å². The van der Waals surface area contributed by atoms with Crippen molar-refractivity contribution in [2.24, 2.45) is 0 Å². The fourth-order valence-corrected chi connectivity index (χ4v) is 3.88. The molecule has 3 aromatic rings. The van der Waals surface area contributed by atoms with Crippen molar-refractivity contribution >= 4 is 57.8 Å². The van der Waals surface area contributed by atoms with Crippen LogP contribution in [-0.2, 0) is 15.2 Å². The second-order valence-electron chi connectivity index (χ2n) is 7.44. The highest BCUT2D eigenvalue weighted by Crippen LogP contribution is 2.45. The van der Waals surface area contributed by atoms with E-state index < -0.39 is 29.6 Å². The third-order valence-corrected chi connectivity index (χ3v) is 6.00. The van der Waals surface area contributed by atoms with Gasteiger partial charge in [0.2, 0.25) is 5.95 Å². The van der Waals surface area contributed by atoms with Gasteiger partial charge in [0.25, 0.3) is 17.5 Å². The Morgan fingerprint density at radius 3 is 2.65 bits per heavy atom. The summed E-state index contributed by atoms with van der Waals surface area (Å²) < 4.78 is 49.1. The molecule has 14 heteroatoms. The van der Waals surface area contributed by atoms with Gasteiger partial charge in [0.15, 0.2) is 0 Å². The Balaban J connectivity index is 1.79. The predicted molar refractivity (Wildman–Crippen MR) is 119 cm³/mol. The standard InChI is InChI=1S/C20H17Cl2F3N6O3/c1-30(6-7-34-2)15-5-3-4-12(26-15)16(32)29-19(20(23,24)25)17(33)28-18-27-13-8-10(21)11(22)9-14(13)31(18)19/h3-5,8-9H,6-7H2,1-2H3,(H,29,32)(H,27,28,33). The van der Waals surface area contributed by atoms with E-state index in [0.717, 1.165) is 6.07 Å². The summed E-state index contributed by atoms with van der Waals surface area (Å²) in [6.07, 6.45) is -5.26. The van der Waals surface area contributed by atoms with Crippen LogP contribution >= 0.6 is 23.2 Å². The van der Waals surface area contributed by atoms with Crippen LogP contribution in [0.2, 0.25) is 10.0 Å². The Morgan fingerprint density at radius 2 is 1.97 bits per heavy atom. The Labute approximate surface area is 200 Å². The Kier molecular flexibility index (Phi) is 6.08. The van der Waals surface area contributed by atoms with Crippen molar-refractivity contribution in [1.29, 1.82) is 0 Å². The van der Waals surface area contributed by atoms with Gasteiger partial charge in [0.05, 0.1) is 27.7 Å². The molecule has 0 saturated carbocycles. The van der Waals surface area contributed by atoms with Crippen molar-refractivity contribution < 1.29 is 27.5 Å². The number of alkyl halides is 3. The molecule has 2 N–H and O–H groups in total. The van der Waals surface area contributed by atoms with E-state index in [-0.39, 0.29) is 26.8 Å². The van der Waals surface area contributed by atoms with Gasteiger partial charge in [0, 0.05) is 20.7 Å². The molecule has 0 fully saturated rings. The van der Waals surface area contributed by atoms with Crippen molar-refractivity contribution in [1.82, 2.24) is 19.9 Å². The number of benzene rings is 1. The molecule has 1 unspecified atom stereocenters. The van der Waals surface area contributed by atoms with Crippen LogP contribution in [0.5, 0.6) is 0 Å². The number of aromatic nitrogens is 3. The molecule has 1 atom stereocenters. The summed E-state index contributed by atoms with van der Waals surface area (Å²) in [5.41, 5.74) is -3.92. The summed E-state index contributed by atoms with van der Waals surface area (Å²) in [5.74, 6) is -2.84. The molecule has 2 aromatic heterocycles. The van der Waals surface area contributed by atoms with Crippen LogP contribution in [0.3, 0.4) is 0 Å². The molecule has 1 aliphatic heterocycles.